The number of ketones is 2. The third kappa shape index (κ3) is 1.92. The van der Waals surface area contributed by atoms with Crippen molar-refractivity contribution in [3.05, 3.63) is 22.8 Å². The van der Waals surface area contributed by atoms with Crippen molar-refractivity contribution in [2.75, 3.05) is 0 Å². The Bertz CT molecular complexity index is 656. The Morgan fingerprint density at radius 3 is 2.78 bits per heavy atom. The van der Waals surface area contributed by atoms with Crippen LogP contribution in [-0.4, -0.2) is 22.3 Å². The molecular weight excluding hydrogens is 288 g/mol. The van der Waals surface area contributed by atoms with Crippen LogP contribution in [0.5, 0.6) is 0 Å². The molecule has 0 aromatic heterocycles. The van der Waals surface area contributed by atoms with Crippen LogP contribution >= 0.6 is 0 Å². The molecule has 4 aliphatic carbocycles. The van der Waals surface area contributed by atoms with Crippen LogP contribution in [0.15, 0.2) is 22.8 Å². The van der Waals surface area contributed by atoms with Crippen molar-refractivity contribution in [2.24, 2.45) is 17.3 Å². The predicted octanol–water partition coefficient (Wildman–Crippen LogP) is 3.51. The third-order valence-electron chi connectivity index (χ3n) is 7.39. The van der Waals surface area contributed by atoms with Gasteiger partial charge in [-0.2, -0.15) is 0 Å². The molecule has 0 amide bonds. The van der Waals surface area contributed by atoms with E-state index in [-0.39, 0.29) is 11.2 Å². The van der Waals surface area contributed by atoms with Crippen LogP contribution in [0, 0.1) is 17.3 Å². The molecule has 1 N–H and O–H groups in total. The molecule has 0 heterocycles. The van der Waals surface area contributed by atoms with E-state index >= 15 is 0 Å². The number of rotatable bonds is 1. The fourth-order valence-electron chi connectivity index (χ4n) is 6.00. The summed E-state index contributed by atoms with van der Waals surface area (Å²) >= 11 is 0. The van der Waals surface area contributed by atoms with Crippen molar-refractivity contribution in [1.29, 1.82) is 0 Å². The largest absolute Gasteiger partial charge is 0.381 e. The minimum atomic E-state index is -1.16. The van der Waals surface area contributed by atoms with E-state index in [1.165, 1.54) is 16.7 Å². The predicted molar refractivity (Wildman–Crippen MR) is 87.8 cm³/mol. The average Bonchev–Trinajstić information content (AvgIpc) is 2.80. The molecule has 1 fully saturated rings. The van der Waals surface area contributed by atoms with Crippen LogP contribution in [0.25, 0.3) is 0 Å². The lowest BCUT2D eigenvalue weighted by Crippen LogP contribution is -2.52. The summed E-state index contributed by atoms with van der Waals surface area (Å²) in [5.74, 6) is 1.17. The van der Waals surface area contributed by atoms with Gasteiger partial charge in [-0.25, -0.2) is 0 Å². The highest BCUT2D eigenvalue weighted by molar-refractivity contribution is 5.86. The van der Waals surface area contributed by atoms with E-state index in [4.69, 9.17) is 0 Å². The summed E-state index contributed by atoms with van der Waals surface area (Å²) < 4.78 is 0. The van der Waals surface area contributed by atoms with Gasteiger partial charge in [-0.3, -0.25) is 9.59 Å². The van der Waals surface area contributed by atoms with E-state index in [0.717, 1.165) is 32.1 Å². The van der Waals surface area contributed by atoms with Crippen LogP contribution in [0.4, 0.5) is 0 Å². The highest BCUT2D eigenvalue weighted by atomic mass is 16.3. The Morgan fingerprint density at radius 2 is 2.04 bits per heavy atom. The molecule has 4 atom stereocenters. The van der Waals surface area contributed by atoms with Crippen LogP contribution in [0.3, 0.4) is 0 Å². The Balaban J connectivity index is 1.74. The van der Waals surface area contributed by atoms with Gasteiger partial charge in [0.25, 0.3) is 0 Å². The first kappa shape index (κ1) is 15.3. The van der Waals surface area contributed by atoms with Crippen molar-refractivity contribution in [3.63, 3.8) is 0 Å². The zero-order chi connectivity index (χ0) is 16.4. The number of carbonyl (C=O) groups excluding carboxylic acids is 2. The van der Waals surface area contributed by atoms with E-state index < -0.39 is 5.60 Å². The van der Waals surface area contributed by atoms with Crippen molar-refractivity contribution >= 4 is 11.6 Å². The summed E-state index contributed by atoms with van der Waals surface area (Å²) in [5.41, 5.74) is 2.79. The van der Waals surface area contributed by atoms with Crippen LogP contribution in [0.1, 0.15) is 65.2 Å². The SMILES string of the molecule is CC(=O)[C@@]1(O)CC[C@H]2[C@H]3CCC4=C(CCC(=O)C4)C3=CC[C@@]21C. The van der Waals surface area contributed by atoms with Crippen molar-refractivity contribution in [3.8, 4) is 0 Å². The van der Waals surface area contributed by atoms with Gasteiger partial charge in [0.2, 0.25) is 0 Å². The second-order valence-electron chi connectivity index (χ2n) is 8.29. The molecule has 1 saturated carbocycles. The lowest BCUT2D eigenvalue weighted by Gasteiger charge is -2.49. The fraction of sp³-hybridized carbons (Fsp3) is 0.700. The minimum Gasteiger partial charge on any atom is -0.381 e. The Hall–Kier alpha value is -1.22. The lowest BCUT2D eigenvalue weighted by atomic mass is 9.56. The van der Waals surface area contributed by atoms with E-state index in [0.29, 0.717) is 36.9 Å². The summed E-state index contributed by atoms with van der Waals surface area (Å²) in [6.45, 7) is 3.66. The second kappa shape index (κ2) is 4.89. The molecule has 3 nitrogen and oxygen atoms in total. The first-order valence-electron chi connectivity index (χ1n) is 9.03. The van der Waals surface area contributed by atoms with Gasteiger partial charge in [-0.1, -0.05) is 18.6 Å². The molecule has 4 aliphatic rings. The molecular formula is C20H26O3. The Labute approximate surface area is 137 Å². The number of allylic oxidation sites excluding steroid dienone is 4. The van der Waals surface area contributed by atoms with Crippen molar-refractivity contribution < 1.29 is 14.7 Å². The quantitative estimate of drug-likeness (QED) is 0.806. The van der Waals surface area contributed by atoms with E-state index in [1.54, 1.807) is 6.92 Å². The summed E-state index contributed by atoms with van der Waals surface area (Å²) in [5, 5.41) is 11.0. The summed E-state index contributed by atoms with van der Waals surface area (Å²) in [6.07, 6.45) is 8.95. The first-order chi connectivity index (χ1) is 10.9. The minimum absolute atomic E-state index is 0.0710. The number of Topliss-reactive ketones (excluding diaryl/α,β-unsaturated/α-hetero) is 2. The third-order valence-corrected chi connectivity index (χ3v) is 7.39. The van der Waals surface area contributed by atoms with E-state index in [1.807, 2.05) is 0 Å². The van der Waals surface area contributed by atoms with Gasteiger partial charge >= 0.3 is 0 Å². The van der Waals surface area contributed by atoms with Gasteiger partial charge in [0.05, 0.1) is 0 Å². The van der Waals surface area contributed by atoms with Gasteiger partial charge in [-0.15, -0.1) is 0 Å². The summed E-state index contributed by atoms with van der Waals surface area (Å²) in [7, 11) is 0. The standard InChI is InChI=1S/C20H26O3/c1-12(21)20(23)10-8-18-17-5-3-13-11-14(22)4-6-15(13)16(17)7-9-19(18,20)2/h7,17-18,23H,3-6,8-11H2,1-2H3/t17-,18-,19-,20-/m0/s1. The maximum atomic E-state index is 12.1. The summed E-state index contributed by atoms with van der Waals surface area (Å²) in [4.78, 5) is 23.9. The van der Waals surface area contributed by atoms with Crippen LogP contribution in [-0.2, 0) is 9.59 Å². The van der Waals surface area contributed by atoms with Crippen LogP contribution < -0.4 is 0 Å². The number of hydrogen-bond donors (Lipinski definition) is 1. The number of aliphatic hydroxyl groups is 1. The van der Waals surface area contributed by atoms with Gasteiger partial charge in [0, 0.05) is 18.3 Å². The summed E-state index contributed by atoms with van der Waals surface area (Å²) in [6, 6.07) is 0. The molecule has 0 saturated heterocycles. The maximum absolute atomic E-state index is 12.1. The molecule has 3 heteroatoms. The molecule has 4 rings (SSSR count). The number of fused-ring (bicyclic) bond motifs is 4. The average molecular weight is 314 g/mol. The lowest BCUT2D eigenvalue weighted by molar-refractivity contribution is -0.150. The molecule has 0 aliphatic heterocycles. The smallest absolute Gasteiger partial charge is 0.161 e. The van der Waals surface area contributed by atoms with Gasteiger partial charge < -0.3 is 5.11 Å². The van der Waals surface area contributed by atoms with Gasteiger partial charge in [0.15, 0.2) is 5.78 Å². The normalized spacial score (nSPS) is 42.7. The molecule has 0 unspecified atom stereocenters. The highest BCUT2D eigenvalue weighted by Crippen LogP contribution is 2.62. The Kier molecular flexibility index (Phi) is 3.26. The van der Waals surface area contributed by atoms with Gasteiger partial charge in [-0.05, 0) is 68.4 Å². The second-order valence-corrected chi connectivity index (χ2v) is 8.29. The molecule has 0 radical (unpaired) electrons. The molecule has 0 bridgehead atoms. The fourth-order valence-corrected chi connectivity index (χ4v) is 6.00. The van der Waals surface area contributed by atoms with Crippen molar-refractivity contribution in [1.82, 2.24) is 0 Å². The molecule has 0 aromatic carbocycles. The monoisotopic (exact) mass is 314 g/mol. The molecule has 23 heavy (non-hydrogen) atoms. The van der Waals surface area contributed by atoms with E-state index in [9.17, 15) is 14.7 Å². The zero-order valence-corrected chi connectivity index (χ0v) is 14.2. The van der Waals surface area contributed by atoms with Gasteiger partial charge in [0.1, 0.15) is 11.4 Å². The molecule has 0 aromatic rings. The first-order valence-corrected chi connectivity index (χ1v) is 9.03. The highest BCUT2D eigenvalue weighted by Gasteiger charge is 2.62. The van der Waals surface area contributed by atoms with Crippen molar-refractivity contribution in [2.45, 2.75) is 70.8 Å². The van der Waals surface area contributed by atoms with E-state index in [2.05, 4.69) is 13.0 Å². The number of carbonyl (C=O) groups is 2. The van der Waals surface area contributed by atoms with Crippen LogP contribution in [0.2, 0.25) is 0 Å². The zero-order valence-electron chi connectivity index (χ0n) is 14.2. The Morgan fingerprint density at radius 1 is 1.26 bits per heavy atom. The topological polar surface area (TPSA) is 54.4 Å². The molecule has 124 valence electrons. The number of hydrogen-bond acceptors (Lipinski definition) is 3. The maximum Gasteiger partial charge on any atom is 0.161 e. The molecule has 0 spiro atoms.